The molecule has 0 spiro atoms. The van der Waals surface area contributed by atoms with Crippen LogP contribution in [0.4, 0.5) is 13.2 Å². The molecular weight excluding hydrogens is 223 g/mol. The first kappa shape index (κ1) is 8.52. The van der Waals surface area contributed by atoms with Gasteiger partial charge in [0.2, 0.25) is 0 Å². The molecule has 0 saturated carbocycles. The van der Waals surface area contributed by atoms with Crippen molar-refractivity contribution in [1.29, 1.82) is 0 Å². The van der Waals surface area contributed by atoms with Crippen LogP contribution in [0.3, 0.4) is 0 Å². The maximum absolute atomic E-state index is 11.9. The van der Waals surface area contributed by atoms with Crippen molar-refractivity contribution in [1.82, 2.24) is 4.98 Å². The normalized spacial score (nSPS) is 11.6. The number of rotatable bonds is 0. The number of nitrogens with zero attached hydrogens (tertiary/aromatic N) is 1. The summed E-state index contributed by atoms with van der Waals surface area (Å²) < 4.78 is 35.9. The summed E-state index contributed by atoms with van der Waals surface area (Å²) in [6, 6.07) is 0.924. The highest BCUT2D eigenvalue weighted by Gasteiger charge is 2.30. The number of alkyl halides is 3. The molecule has 1 radical (unpaired) electrons. The molecule has 11 heavy (non-hydrogen) atoms. The summed E-state index contributed by atoms with van der Waals surface area (Å²) in [6.07, 6.45) is -1.29. The quantitative estimate of drug-likeness (QED) is 0.661. The van der Waals surface area contributed by atoms with E-state index in [0.717, 1.165) is 12.3 Å². The molecule has 0 unspecified atom stereocenters. The Morgan fingerprint density at radius 2 is 2.09 bits per heavy atom. The second-order valence-electron chi connectivity index (χ2n) is 1.82. The zero-order valence-electron chi connectivity index (χ0n) is 5.11. The molecule has 0 bridgehead atoms. The molecule has 1 aromatic rings. The van der Waals surface area contributed by atoms with Crippen LogP contribution in [0.25, 0.3) is 0 Å². The molecule has 1 rings (SSSR count). The van der Waals surface area contributed by atoms with Crippen molar-refractivity contribution >= 4 is 15.9 Å². The molecule has 0 N–H and O–H groups in total. The number of halogens is 4. The van der Waals surface area contributed by atoms with Crippen LogP contribution >= 0.6 is 15.9 Å². The minimum absolute atomic E-state index is 0.201. The molecule has 0 aliphatic heterocycles. The molecular formula is C6H2BrF3N. The van der Waals surface area contributed by atoms with Gasteiger partial charge in [-0.15, -0.1) is 0 Å². The summed E-state index contributed by atoms with van der Waals surface area (Å²) in [5.41, 5.74) is -0.775. The largest absolute Gasteiger partial charge is 0.417 e. The van der Waals surface area contributed by atoms with Crippen LogP contribution in [0.5, 0.6) is 0 Å². The molecule has 5 heteroatoms. The molecule has 0 aromatic carbocycles. The molecule has 1 heterocycles. The van der Waals surface area contributed by atoms with Gasteiger partial charge in [-0.25, -0.2) is 0 Å². The van der Waals surface area contributed by atoms with Crippen LogP contribution in [0.1, 0.15) is 5.56 Å². The van der Waals surface area contributed by atoms with E-state index in [1.807, 2.05) is 0 Å². The maximum Gasteiger partial charge on any atom is 0.417 e. The van der Waals surface area contributed by atoms with Crippen LogP contribution in [-0.2, 0) is 6.18 Å². The van der Waals surface area contributed by atoms with Gasteiger partial charge < -0.3 is 0 Å². The fourth-order valence-electron chi connectivity index (χ4n) is 0.525. The first-order valence-corrected chi connectivity index (χ1v) is 3.40. The van der Waals surface area contributed by atoms with Gasteiger partial charge in [0, 0.05) is 10.7 Å². The summed E-state index contributed by atoms with van der Waals surface area (Å²) in [5, 5.41) is 0. The van der Waals surface area contributed by atoms with Gasteiger partial charge in [0.05, 0.1) is 5.56 Å². The highest BCUT2D eigenvalue weighted by Crippen LogP contribution is 2.29. The van der Waals surface area contributed by atoms with E-state index >= 15 is 0 Å². The SMILES string of the molecule is FC(F)(F)c1cn[c]c(Br)c1. The Hall–Kier alpha value is -0.580. The van der Waals surface area contributed by atoms with Crippen molar-refractivity contribution in [3.8, 4) is 0 Å². The van der Waals surface area contributed by atoms with Crippen molar-refractivity contribution in [2.45, 2.75) is 6.18 Å². The Bertz CT molecular complexity index is 258. The van der Waals surface area contributed by atoms with Crippen molar-refractivity contribution in [2.24, 2.45) is 0 Å². The second-order valence-corrected chi connectivity index (χ2v) is 2.67. The smallest absolute Gasteiger partial charge is 0.253 e. The third-order valence-electron chi connectivity index (χ3n) is 0.985. The lowest BCUT2D eigenvalue weighted by Gasteiger charge is -2.04. The van der Waals surface area contributed by atoms with Crippen LogP contribution in [0.15, 0.2) is 16.7 Å². The Labute approximate surface area is 69.4 Å². The topological polar surface area (TPSA) is 12.9 Å². The van der Waals surface area contributed by atoms with E-state index in [1.54, 1.807) is 0 Å². The van der Waals surface area contributed by atoms with E-state index in [4.69, 9.17) is 0 Å². The van der Waals surface area contributed by atoms with Crippen LogP contribution in [-0.4, -0.2) is 4.98 Å². The van der Waals surface area contributed by atoms with Gasteiger partial charge >= 0.3 is 6.18 Å². The maximum atomic E-state index is 11.9. The molecule has 0 amide bonds. The van der Waals surface area contributed by atoms with Crippen LogP contribution in [0, 0.1) is 6.20 Å². The fraction of sp³-hybridized carbons (Fsp3) is 0.167. The molecule has 0 fully saturated rings. The van der Waals surface area contributed by atoms with Crippen molar-refractivity contribution in [2.75, 3.05) is 0 Å². The molecule has 59 valence electrons. The molecule has 0 aliphatic carbocycles. The van der Waals surface area contributed by atoms with Gasteiger partial charge in [-0.2, -0.15) is 13.2 Å². The summed E-state index contributed by atoms with van der Waals surface area (Å²) in [6.45, 7) is 0. The van der Waals surface area contributed by atoms with E-state index in [2.05, 4.69) is 27.1 Å². The minimum Gasteiger partial charge on any atom is -0.253 e. The number of pyridine rings is 1. The molecule has 0 saturated heterocycles. The lowest BCUT2D eigenvalue weighted by Crippen LogP contribution is -2.04. The number of hydrogen-bond acceptors (Lipinski definition) is 1. The van der Waals surface area contributed by atoms with Gasteiger partial charge in [0.25, 0.3) is 0 Å². The average Bonchev–Trinajstić information content (AvgIpc) is 1.86. The minimum atomic E-state index is -4.33. The molecule has 1 nitrogen and oxygen atoms in total. The highest BCUT2D eigenvalue weighted by atomic mass is 79.9. The van der Waals surface area contributed by atoms with Crippen molar-refractivity contribution < 1.29 is 13.2 Å². The van der Waals surface area contributed by atoms with Crippen molar-refractivity contribution in [3.05, 3.63) is 28.5 Å². The summed E-state index contributed by atoms with van der Waals surface area (Å²) in [7, 11) is 0. The highest BCUT2D eigenvalue weighted by molar-refractivity contribution is 9.10. The van der Waals surface area contributed by atoms with Crippen molar-refractivity contribution in [3.63, 3.8) is 0 Å². The van der Waals surface area contributed by atoms with E-state index in [-0.39, 0.29) is 4.47 Å². The number of hydrogen-bond donors (Lipinski definition) is 0. The molecule has 0 atom stereocenters. The lowest BCUT2D eigenvalue weighted by molar-refractivity contribution is -0.137. The van der Waals surface area contributed by atoms with Gasteiger partial charge in [0.15, 0.2) is 0 Å². The second kappa shape index (κ2) is 2.81. The predicted molar refractivity (Wildman–Crippen MR) is 35.8 cm³/mol. The summed E-state index contributed by atoms with van der Waals surface area (Å²) >= 11 is 2.84. The predicted octanol–water partition coefficient (Wildman–Crippen LogP) is 2.66. The lowest BCUT2D eigenvalue weighted by atomic mass is 10.3. The van der Waals surface area contributed by atoms with Gasteiger partial charge in [0.1, 0.15) is 6.20 Å². The van der Waals surface area contributed by atoms with Crippen LogP contribution < -0.4 is 0 Å². The number of aromatic nitrogens is 1. The Morgan fingerprint density at radius 3 is 2.45 bits per heavy atom. The zero-order valence-corrected chi connectivity index (χ0v) is 6.70. The third-order valence-corrected chi connectivity index (χ3v) is 1.39. The first-order chi connectivity index (χ1) is 5.00. The zero-order chi connectivity index (χ0) is 8.48. The van der Waals surface area contributed by atoms with E-state index in [9.17, 15) is 13.2 Å². The standard InChI is InChI=1S/C6H2BrF3N/c7-5-1-4(2-11-3-5)6(8,9)10/h1-2H. The average molecular weight is 225 g/mol. The fourth-order valence-corrected chi connectivity index (χ4v) is 0.874. The Morgan fingerprint density at radius 1 is 1.45 bits per heavy atom. The molecule has 0 aliphatic rings. The van der Waals surface area contributed by atoms with Crippen LogP contribution in [0.2, 0.25) is 0 Å². The Balaban J connectivity index is 3.06. The third kappa shape index (κ3) is 2.18. The summed E-state index contributed by atoms with van der Waals surface area (Å²) in [4.78, 5) is 3.26. The Kier molecular flexibility index (Phi) is 2.17. The summed E-state index contributed by atoms with van der Waals surface area (Å²) in [5.74, 6) is 0. The van der Waals surface area contributed by atoms with E-state index < -0.39 is 11.7 Å². The van der Waals surface area contributed by atoms with Gasteiger partial charge in [-0.05, 0) is 22.0 Å². The van der Waals surface area contributed by atoms with E-state index in [1.165, 1.54) is 0 Å². The van der Waals surface area contributed by atoms with Gasteiger partial charge in [-0.3, -0.25) is 4.98 Å². The monoisotopic (exact) mass is 224 g/mol. The first-order valence-electron chi connectivity index (χ1n) is 2.60. The van der Waals surface area contributed by atoms with Gasteiger partial charge in [-0.1, -0.05) is 0 Å². The van der Waals surface area contributed by atoms with E-state index in [0.29, 0.717) is 0 Å². The molecule has 1 aromatic heterocycles.